The van der Waals surface area contributed by atoms with Crippen molar-refractivity contribution in [1.82, 2.24) is 4.90 Å². The van der Waals surface area contributed by atoms with Crippen molar-refractivity contribution >= 4 is 0 Å². The summed E-state index contributed by atoms with van der Waals surface area (Å²) in [5.74, 6) is 3.30. The number of nitrogens with zero attached hydrogens (tertiary/aromatic N) is 1. The lowest BCUT2D eigenvalue weighted by Crippen LogP contribution is -2.34. The molecule has 0 radical (unpaired) electrons. The van der Waals surface area contributed by atoms with Crippen molar-refractivity contribution < 1.29 is 0 Å². The molecule has 1 fully saturated rings. The van der Waals surface area contributed by atoms with Gasteiger partial charge in [0, 0.05) is 13.1 Å². The van der Waals surface area contributed by atoms with Crippen molar-refractivity contribution in [1.29, 1.82) is 0 Å². The van der Waals surface area contributed by atoms with Crippen LogP contribution in [0.15, 0.2) is 0 Å². The van der Waals surface area contributed by atoms with Crippen LogP contribution in [0, 0.1) is 23.7 Å². The summed E-state index contributed by atoms with van der Waals surface area (Å²) in [6.07, 6.45) is 1.43. The molecular weight excluding hydrogens is 172 g/mol. The van der Waals surface area contributed by atoms with Crippen LogP contribution >= 0.6 is 0 Å². The maximum atomic E-state index is 5.77. The zero-order valence-corrected chi connectivity index (χ0v) is 10.2. The summed E-state index contributed by atoms with van der Waals surface area (Å²) in [7, 11) is 2.23. The Bertz CT molecular complexity index is 168. The molecule has 0 spiro atoms. The van der Waals surface area contributed by atoms with Crippen LogP contribution < -0.4 is 5.73 Å². The van der Waals surface area contributed by atoms with Gasteiger partial charge in [-0.15, -0.1) is 0 Å². The molecule has 0 heterocycles. The van der Waals surface area contributed by atoms with E-state index in [-0.39, 0.29) is 0 Å². The molecular formula is C12H26N2. The average molecular weight is 198 g/mol. The molecule has 14 heavy (non-hydrogen) atoms. The number of rotatable bonds is 6. The third-order valence-corrected chi connectivity index (χ3v) is 3.61. The molecule has 1 rings (SSSR count). The first-order valence-corrected chi connectivity index (χ1v) is 5.93. The van der Waals surface area contributed by atoms with Crippen molar-refractivity contribution in [2.24, 2.45) is 29.4 Å². The van der Waals surface area contributed by atoms with E-state index in [4.69, 9.17) is 5.73 Å². The van der Waals surface area contributed by atoms with Crippen molar-refractivity contribution in [3.63, 3.8) is 0 Å². The Morgan fingerprint density at radius 1 is 1.43 bits per heavy atom. The Kier molecular flexibility index (Phi) is 4.39. The van der Waals surface area contributed by atoms with Gasteiger partial charge >= 0.3 is 0 Å². The molecule has 1 aliphatic carbocycles. The lowest BCUT2D eigenvalue weighted by molar-refractivity contribution is 0.231. The fraction of sp³-hybridized carbons (Fsp3) is 1.00. The monoisotopic (exact) mass is 198 g/mol. The Morgan fingerprint density at radius 2 is 2.00 bits per heavy atom. The summed E-state index contributed by atoms with van der Waals surface area (Å²) in [6.45, 7) is 10.1. The van der Waals surface area contributed by atoms with Crippen molar-refractivity contribution in [3.05, 3.63) is 0 Å². The highest BCUT2D eigenvalue weighted by Gasteiger charge is 2.33. The first-order chi connectivity index (χ1) is 6.54. The minimum Gasteiger partial charge on any atom is -0.330 e. The van der Waals surface area contributed by atoms with Gasteiger partial charge in [-0.3, -0.25) is 0 Å². The second-order valence-corrected chi connectivity index (χ2v) is 5.43. The third kappa shape index (κ3) is 3.58. The normalized spacial score (nSPS) is 28.5. The fourth-order valence-electron chi connectivity index (χ4n) is 2.09. The minimum absolute atomic E-state index is 0.661. The predicted molar refractivity (Wildman–Crippen MR) is 62.2 cm³/mol. The van der Waals surface area contributed by atoms with Gasteiger partial charge in [0.05, 0.1) is 0 Å². The molecule has 1 aliphatic rings. The first-order valence-electron chi connectivity index (χ1n) is 5.93. The first kappa shape index (κ1) is 12.0. The van der Waals surface area contributed by atoms with Crippen LogP contribution in [0.1, 0.15) is 27.2 Å². The van der Waals surface area contributed by atoms with E-state index in [1.807, 2.05) is 0 Å². The summed E-state index contributed by atoms with van der Waals surface area (Å²) in [5, 5.41) is 0. The SMILES string of the molecule is CC(C)C(CN)CN(C)CC1CC1C. The summed E-state index contributed by atoms with van der Waals surface area (Å²) in [6, 6.07) is 0. The van der Waals surface area contributed by atoms with Crippen LogP contribution in [0.25, 0.3) is 0 Å². The third-order valence-electron chi connectivity index (χ3n) is 3.61. The molecule has 0 saturated heterocycles. The predicted octanol–water partition coefficient (Wildman–Crippen LogP) is 1.81. The standard InChI is InChI=1S/C12H26N2/c1-9(2)12(6-13)8-14(4)7-11-5-10(11)3/h9-12H,5-8,13H2,1-4H3. The van der Waals surface area contributed by atoms with Gasteiger partial charge < -0.3 is 10.6 Å². The molecule has 1 saturated carbocycles. The highest BCUT2D eigenvalue weighted by molar-refractivity contribution is 4.85. The Hall–Kier alpha value is -0.0800. The van der Waals surface area contributed by atoms with E-state index in [0.29, 0.717) is 11.8 Å². The minimum atomic E-state index is 0.661. The van der Waals surface area contributed by atoms with Crippen LogP contribution in [0.2, 0.25) is 0 Å². The van der Waals surface area contributed by atoms with E-state index >= 15 is 0 Å². The van der Waals surface area contributed by atoms with Gasteiger partial charge in [0.25, 0.3) is 0 Å². The van der Waals surface area contributed by atoms with Gasteiger partial charge in [-0.2, -0.15) is 0 Å². The van der Waals surface area contributed by atoms with Crippen LogP contribution in [-0.4, -0.2) is 31.6 Å². The smallest absolute Gasteiger partial charge is 0.00212 e. The molecule has 0 aromatic carbocycles. The van der Waals surface area contributed by atoms with E-state index in [9.17, 15) is 0 Å². The molecule has 84 valence electrons. The molecule has 0 aliphatic heterocycles. The van der Waals surface area contributed by atoms with Gasteiger partial charge in [0.15, 0.2) is 0 Å². The lowest BCUT2D eigenvalue weighted by Gasteiger charge is -2.25. The largest absolute Gasteiger partial charge is 0.330 e. The fourth-order valence-corrected chi connectivity index (χ4v) is 2.09. The topological polar surface area (TPSA) is 29.3 Å². The quantitative estimate of drug-likeness (QED) is 0.705. The summed E-state index contributed by atoms with van der Waals surface area (Å²) >= 11 is 0. The van der Waals surface area contributed by atoms with Crippen LogP contribution in [-0.2, 0) is 0 Å². The van der Waals surface area contributed by atoms with Gasteiger partial charge in [0.2, 0.25) is 0 Å². The van der Waals surface area contributed by atoms with E-state index in [2.05, 4.69) is 32.7 Å². The Labute approximate surface area is 88.8 Å². The zero-order chi connectivity index (χ0) is 10.7. The van der Waals surface area contributed by atoms with Gasteiger partial charge in [-0.1, -0.05) is 20.8 Å². The number of hydrogen-bond donors (Lipinski definition) is 1. The molecule has 2 N–H and O–H groups in total. The summed E-state index contributed by atoms with van der Waals surface area (Å²) in [5.41, 5.74) is 5.77. The second kappa shape index (κ2) is 5.13. The van der Waals surface area contributed by atoms with E-state index in [1.54, 1.807) is 0 Å². The van der Waals surface area contributed by atoms with Crippen molar-refractivity contribution in [3.8, 4) is 0 Å². The Balaban J connectivity index is 2.20. The highest BCUT2D eigenvalue weighted by Crippen LogP contribution is 2.38. The van der Waals surface area contributed by atoms with Crippen LogP contribution in [0.4, 0.5) is 0 Å². The summed E-state index contributed by atoms with van der Waals surface area (Å²) in [4.78, 5) is 2.46. The van der Waals surface area contributed by atoms with E-state index in [0.717, 1.165) is 24.9 Å². The Morgan fingerprint density at radius 3 is 2.36 bits per heavy atom. The molecule has 0 aromatic rings. The average Bonchev–Trinajstić information content (AvgIpc) is 2.77. The molecule has 0 bridgehead atoms. The van der Waals surface area contributed by atoms with Crippen molar-refractivity contribution in [2.75, 3.05) is 26.7 Å². The number of hydrogen-bond acceptors (Lipinski definition) is 2. The number of nitrogens with two attached hydrogens (primary N) is 1. The van der Waals surface area contributed by atoms with Gasteiger partial charge in [-0.25, -0.2) is 0 Å². The molecule has 3 unspecified atom stereocenters. The summed E-state index contributed by atoms with van der Waals surface area (Å²) < 4.78 is 0. The maximum absolute atomic E-state index is 5.77. The maximum Gasteiger partial charge on any atom is 0.00212 e. The van der Waals surface area contributed by atoms with Crippen molar-refractivity contribution in [2.45, 2.75) is 27.2 Å². The highest BCUT2D eigenvalue weighted by atomic mass is 15.1. The van der Waals surface area contributed by atoms with E-state index < -0.39 is 0 Å². The molecule has 0 amide bonds. The van der Waals surface area contributed by atoms with Gasteiger partial charge in [-0.05, 0) is 43.7 Å². The molecule has 2 nitrogen and oxygen atoms in total. The molecule has 0 aromatic heterocycles. The molecule has 2 heteroatoms. The zero-order valence-electron chi connectivity index (χ0n) is 10.2. The van der Waals surface area contributed by atoms with Gasteiger partial charge in [0.1, 0.15) is 0 Å². The molecule has 3 atom stereocenters. The lowest BCUT2D eigenvalue weighted by atomic mass is 9.95. The van der Waals surface area contributed by atoms with E-state index in [1.165, 1.54) is 13.0 Å². The second-order valence-electron chi connectivity index (χ2n) is 5.43. The van der Waals surface area contributed by atoms with Crippen LogP contribution in [0.5, 0.6) is 0 Å². The van der Waals surface area contributed by atoms with Crippen LogP contribution in [0.3, 0.4) is 0 Å².